The topological polar surface area (TPSA) is 38.5 Å². The Morgan fingerprint density at radius 2 is 2.22 bits per heavy atom. The van der Waals surface area contributed by atoms with Crippen molar-refractivity contribution in [1.82, 2.24) is 4.90 Å². The maximum atomic E-state index is 13.5. The first-order chi connectivity index (χ1) is 8.70. The minimum Gasteiger partial charge on any atom is -0.375 e. The number of hydrogen-bond donors (Lipinski definition) is 1. The van der Waals surface area contributed by atoms with Crippen LogP contribution in [-0.4, -0.2) is 31.1 Å². The quantitative estimate of drug-likeness (QED) is 0.753. The first-order valence-corrected chi connectivity index (χ1v) is 6.46. The van der Waals surface area contributed by atoms with Crippen LogP contribution in [0, 0.1) is 5.82 Å². The van der Waals surface area contributed by atoms with E-state index in [4.69, 9.17) is 10.5 Å². The molecule has 4 heteroatoms. The number of benzene rings is 1. The summed E-state index contributed by atoms with van der Waals surface area (Å²) in [6.07, 6.45) is 2.59. The molecule has 3 nitrogen and oxygen atoms in total. The van der Waals surface area contributed by atoms with Crippen LogP contribution in [0.3, 0.4) is 0 Å². The van der Waals surface area contributed by atoms with Gasteiger partial charge in [0.25, 0.3) is 0 Å². The highest BCUT2D eigenvalue weighted by Crippen LogP contribution is 2.24. The van der Waals surface area contributed by atoms with E-state index in [-0.39, 0.29) is 5.82 Å². The number of likely N-dealkylation sites (N-methyl/N-ethyl adjacent to an activating group) is 1. The Morgan fingerprint density at radius 1 is 1.44 bits per heavy atom. The fourth-order valence-electron chi connectivity index (χ4n) is 1.95. The second-order valence-corrected chi connectivity index (χ2v) is 4.89. The third-order valence-corrected chi connectivity index (χ3v) is 3.36. The molecule has 1 aromatic carbocycles. The van der Waals surface area contributed by atoms with Crippen LogP contribution in [0.1, 0.15) is 24.0 Å². The Bertz CT molecular complexity index is 393. The second kappa shape index (κ2) is 6.27. The highest BCUT2D eigenvalue weighted by atomic mass is 19.1. The van der Waals surface area contributed by atoms with Crippen LogP contribution in [0.5, 0.6) is 0 Å². The number of hydrogen-bond acceptors (Lipinski definition) is 3. The largest absolute Gasteiger partial charge is 0.375 e. The van der Waals surface area contributed by atoms with Crippen LogP contribution in [-0.2, 0) is 17.9 Å². The maximum Gasteiger partial charge on any atom is 0.128 e. The Balaban J connectivity index is 1.75. The molecule has 0 radical (unpaired) electrons. The van der Waals surface area contributed by atoms with E-state index in [9.17, 15) is 4.39 Å². The van der Waals surface area contributed by atoms with Crippen molar-refractivity contribution in [1.29, 1.82) is 0 Å². The van der Waals surface area contributed by atoms with Gasteiger partial charge in [-0.25, -0.2) is 4.39 Å². The van der Waals surface area contributed by atoms with Crippen LogP contribution >= 0.6 is 0 Å². The first kappa shape index (κ1) is 13.5. The summed E-state index contributed by atoms with van der Waals surface area (Å²) in [5, 5.41) is 0. The van der Waals surface area contributed by atoms with Crippen LogP contribution < -0.4 is 5.73 Å². The molecular formula is C14H21FN2O. The lowest BCUT2D eigenvalue weighted by Crippen LogP contribution is -2.25. The Kier molecular flexibility index (Phi) is 4.69. The lowest BCUT2D eigenvalue weighted by Gasteiger charge is -2.15. The van der Waals surface area contributed by atoms with Gasteiger partial charge in [-0.1, -0.05) is 6.07 Å². The van der Waals surface area contributed by atoms with E-state index in [0.717, 1.165) is 18.2 Å². The average Bonchev–Trinajstić information content (AvgIpc) is 3.20. The van der Waals surface area contributed by atoms with Gasteiger partial charge in [-0.15, -0.1) is 0 Å². The SMILES string of the molecule is CN(CCOCc1cc(CN)ccc1F)C1CC1. The standard InChI is InChI=1S/C14H21FN2O/c1-17(13-3-4-13)6-7-18-10-12-8-11(9-16)2-5-14(12)15/h2,5,8,13H,3-4,6-7,9-10,16H2,1H3. The van der Waals surface area contributed by atoms with Gasteiger partial charge in [-0.3, -0.25) is 0 Å². The van der Waals surface area contributed by atoms with Crippen LogP contribution in [0.2, 0.25) is 0 Å². The van der Waals surface area contributed by atoms with Gasteiger partial charge >= 0.3 is 0 Å². The summed E-state index contributed by atoms with van der Waals surface area (Å²) in [5.41, 5.74) is 7.06. The molecule has 0 unspecified atom stereocenters. The molecule has 1 aliphatic carbocycles. The van der Waals surface area contributed by atoms with Gasteiger partial charge in [-0.05, 0) is 37.6 Å². The molecule has 0 atom stereocenters. The van der Waals surface area contributed by atoms with Gasteiger partial charge in [0.1, 0.15) is 5.82 Å². The zero-order valence-corrected chi connectivity index (χ0v) is 10.9. The third kappa shape index (κ3) is 3.77. The predicted octanol–water partition coefficient (Wildman–Crippen LogP) is 1.90. The third-order valence-electron chi connectivity index (χ3n) is 3.36. The number of nitrogens with two attached hydrogens (primary N) is 1. The summed E-state index contributed by atoms with van der Waals surface area (Å²) in [4.78, 5) is 2.30. The van der Waals surface area contributed by atoms with E-state index in [1.807, 2.05) is 0 Å². The molecule has 2 N–H and O–H groups in total. The van der Waals surface area contributed by atoms with E-state index in [0.29, 0.717) is 25.3 Å². The van der Waals surface area contributed by atoms with Crippen molar-refractivity contribution >= 4 is 0 Å². The van der Waals surface area contributed by atoms with Gasteiger partial charge in [0, 0.05) is 24.7 Å². The monoisotopic (exact) mass is 252 g/mol. The van der Waals surface area contributed by atoms with Gasteiger partial charge in [0.15, 0.2) is 0 Å². The highest BCUT2D eigenvalue weighted by molar-refractivity contribution is 5.24. The van der Waals surface area contributed by atoms with Gasteiger partial charge in [0.05, 0.1) is 13.2 Å². The van der Waals surface area contributed by atoms with E-state index in [1.165, 1.54) is 18.9 Å². The summed E-state index contributed by atoms with van der Waals surface area (Å²) >= 11 is 0. The van der Waals surface area contributed by atoms with Crippen LogP contribution in [0.15, 0.2) is 18.2 Å². The minimum absolute atomic E-state index is 0.220. The van der Waals surface area contributed by atoms with Crippen molar-refractivity contribution < 1.29 is 9.13 Å². The first-order valence-electron chi connectivity index (χ1n) is 6.46. The van der Waals surface area contributed by atoms with Crippen molar-refractivity contribution in [2.45, 2.75) is 32.0 Å². The molecule has 0 saturated heterocycles. The van der Waals surface area contributed by atoms with Crippen molar-refractivity contribution in [3.8, 4) is 0 Å². The van der Waals surface area contributed by atoms with E-state index in [1.54, 1.807) is 12.1 Å². The number of halogens is 1. The minimum atomic E-state index is -0.220. The summed E-state index contributed by atoms with van der Waals surface area (Å²) in [6, 6.07) is 5.68. The zero-order valence-electron chi connectivity index (χ0n) is 10.9. The van der Waals surface area contributed by atoms with Crippen molar-refractivity contribution in [3.63, 3.8) is 0 Å². The molecule has 1 saturated carbocycles. The Hall–Kier alpha value is -0.970. The number of ether oxygens (including phenoxy) is 1. The predicted molar refractivity (Wildman–Crippen MR) is 69.6 cm³/mol. The molecule has 100 valence electrons. The molecule has 0 amide bonds. The molecule has 18 heavy (non-hydrogen) atoms. The average molecular weight is 252 g/mol. The lowest BCUT2D eigenvalue weighted by molar-refractivity contribution is 0.0959. The summed E-state index contributed by atoms with van der Waals surface area (Å²) in [7, 11) is 2.11. The normalized spacial score (nSPS) is 15.3. The van der Waals surface area contributed by atoms with E-state index in [2.05, 4.69) is 11.9 Å². The molecule has 2 rings (SSSR count). The lowest BCUT2D eigenvalue weighted by atomic mass is 10.1. The number of nitrogens with zero attached hydrogens (tertiary/aromatic N) is 1. The number of rotatable bonds is 7. The maximum absolute atomic E-state index is 13.5. The highest BCUT2D eigenvalue weighted by Gasteiger charge is 2.25. The second-order valence-electron chi connectivity index (χ2n) is 4.89. The van der Waals surface area contributed by atoms with Gasteiger partial charge < -0.3 is 15.4 Å². The smallest absolute Gasteiger partial charge is 0.128 e. The van der Waals surface area contributed by atoms with Crippen molar-refractivity contribution in [3.05, 3.63) is 35.1 Å². The van der Waals surface area contributed by atoms with Gasteiger partial charge in [0.2, 0.25) is 0 Å². The molecule has 0 aliphatic heterocycles. The van der Waals surface area contributed by atoms with Crippen LogP contribution in [0.25, 0.3) is 0 Å². The summed E-state index contributed by atoms with van der Waals surface area (Å²) in [5.74, 6) is -0.220. The van der Waals surface area contributed by atoms with Crippen molar-refractivity contribution in [2.24, 2.45) is 5.73 Å². The van der Waals surface area contributed by atoms with Crippen molar-refractivity contribution in [2.75, 3.05) is 20.2 Å². The zero-order chi connectivity index (χ0) is 13.0. The molecule has 1 aromatic rings. The molecule has 1 fully saturated rings. The van der Waals surface area contributed by atoms with E-state index >= 15 is 0 Å². The van der Waals surface area contributed by atoms with E-state index < -0.39 is 0 Å². The summed E-state index contributed by atoms with van der Waals surface area (Å²) < 4.78 is 19.0. The summed E-state index contributed by atoms with van der Waals surface area (Å²) in [6.45, 7) is 2.29. The molecule has 1 aliphatic rings. The molecule has 0 aromatic heterocycles. The van der Waals surface area contributed by atoms with Crippen LogP contribution in [0.4, 0.5) is 4.39 Å². The molecule has 0 spiro atoms. The fourth-order valence-corrected chi connectivity index (χ4v) is 1.95. The fraction of sp³-hybridized carbons (Fsp3) is 0.571. The molecule has 0 heterocycles. The Morgan fingerprint density at radius 3 is 2.89 bits per heavy atom. The molecular weight excluding hydrogens is 231 g/mol. The van der Waals surface area contributed by atoms with Gasteiger partial charge in [-0.2, -0.15) is 0 Å². The molecule has 0 bridgehead atoms. The Labute approximate surface area is 108 Å².